The van der Waals surface area contributed by atoms with E-state index in [0.29, 0.717) is 10.6 Å². The SMILES string of the molecule is O=C(CNC(=O)c1cccc(OC(F)F)c1)OCc1cccc(Cl)c1. The van der Waals surface area contributed by atoms with Crippen LogP contribution in [-0.4, -0.2) is 25.0 Å². The summed E-state index contributed by atoms with van der Waals surface area (Å²) in [6.45, 7) is -3.33. The Bertz CT molecular complexity index is 755. The van der Waals surface area contributed by atoms with Crippen molar-refractivity contribution in [2.24, 2.45) is 0 Å². The van der Waals surface area contributed by atoms with Crippen LogP contribution in [-0.2, 0) is 16.1 Å². The van der Waals surface area contributed by atoms with Crippen molar-refractivity contribution in [3.05, 3.63) is 64.7 Å². The quantitative estimate of drug-likeness (QED) is 0.760. The van der Waals surface area contributed by atoms with Gasteiger partial charge in [0.25, 0.3) is 5.91 Å². The summed E-state index contributed by atoms with van der Waals surface area (Å²) < 4.78 is 33.6. The van der Waals surface area contributed by atoms with E-state index in [-0.39, 0.29) is 24.5 Å². The number of carbonyl (C=O) groups is 2. The minimum atomic E-state index is -2.99. The van der Waals surface area contributed by atoms with Crippen molar-refractivity contribution in [1.82, 2.24) is 5.32 Å². The van der Waals surface area contributed by atoms with E-state index in [4.69, 9.17) is 16.3 Å². The molecule has 2 aromatic rings. The van der Waals surface area contributed by atoms with E-state index in [2.05, 4.69) is 10.1 Å². The van der Waals surface area contributed by atoms with Crippen molar-refractivity contribution in [2.45, 2.75) is 13.2 Å². The van der Waals surface area contributed by atoms with Crippen LogP contribution in [0.15, 0.2) is 48.5 Å². The number of rotatable bonds is 7. The lowest BCUT2D eigenvalue weighted by Crippen LogP contribution is -2.30. The first-order valence-electron chi connectivity index (χ1n) is 7.17. The first kappa shape index (κ1) is 18.7. The molecule has 1 amide bonds. The van der Waals surface area contributed by atoms with Gasteiger partial charge in [0.2, 0.25) is 0 Å². The Balaban J connectivity index is 1.82. The average Bonchev–Trinajstić information content (AvgIpc) is 2.57. The largest absolute Gasteiger partial charge is 0.460 e. The molecule has 25 heavy (non-hydrogen) atoms. The molecule has 8 heteroatoms. The molecule has 0 bridgehead atoms. The zero-order chi connectivity index (χ0) is 18.2. The van der Waals surface area contributed by atoms with Gasteiger partial charge < -0.3 is 14.8 Å². The number of halogens is 3. The molecule has 0 aliphatic heterocycles. The van der Waals surface area contributed by atoms with Crippen LogP contribution in [0.4, 0.5) is 8.78 Å². The molecular weight excluding hydrogens is 356 g/mol. The van der Waals surface area contributed by atoms with Gasteiger partial charge in [-0.3, -0.25) is 9.59 Å². The summed E-state index contributed by atoms with van der Waals surface area (Å²) in [5, 5.41) is 2.87. The van der Waals surface area contributed by atoms with Crippen LogP contribution in [0.3, 0.4) is 0 Å². The number of carbonyl (C=O) groups excluding carboxylic acids is 2. The van der Waals surface area contributed by atoms with E-state index in [0.717, 1.165) is 6.07 Å². The summed E-state index contributed by atoms with van der Waals surface area (Å²) in [6, 6.07) is 12.1. The Morgan fingerprint density at radius 2 is 1.88 bits per heavy atom. The van der Waals surface area contributed by atoms with Gasteiger partial charge in [-0.1, -0.05) is 29.8 Å². The molecule has 0 radical (unpaired) electrons. The number of nitrogens with one attached hydrogen (secondary N) is 1. The summed E-state index contributed by atoms with van der Waals surface area (Å²) in [4.78, 5) is 23.6. The molecule has 0 saturated heterocycles. The molecule has 0 aromatic heterocycles. The van der Waals surface area contributed by atoms with Crippen LogP contribution in [0.5, 0.6) is 5.75 Å². The Labute approximate surface area is 147 Å². The molecule has 0 atom stereocenters. The van der Waals surface area contributed by atoms with Gasteiger partial charge in [-0.2, -0.15) is 8.78 Å². The van der Waals surface area contributed by atoms with Crippen molar-refractivity contribution in [2.75, 3.05) is 6.54 Å². The van der Waals surface area contributed by atoms with Crippen molar-refractivity contribution < 1.29 is 27.8 Å². The van der Waals surface area contributed by atoms with E-state index in [1.54, 1.807) is 24.3 Å². The molecule has 0 unspecified atom stereocenters. The zero-order valence-corrected chi connectivity index (χ0v) is 13.6. The van der Waals surface area contributed by atoms with E-state index in [9.17, 15) is 18.4 Å². The second-order valence-corrected chi connectivity index (χ2v) is 5.32. The highest BCUT2D eigenvalue weighted by atomic mass is 35.5. The Morgan fingerprint density at radius 1 is 1.12 bits per heavy atom. The van der Waals surface area contributed by atoms with Crippen LogP contribution >= 0.6 is 11.6 Å². The molecule has 0 aliphatic carbocycles. The van der Waals surface area contributed by atoms with Crippen LogP contribution in [0.1, 0.15) is 15.9 Å². The summed E-state index contributed by atoms with van der Waals surface area (Å²) in [5.41, 5.74) is 0.796. The number of alkyl halides is 2. The fourth-order valence-electron chi connectivity index (χ4n) is 1.91. The topological polar surface area (TPSA) is 64.6 Å². The fraction of sp³-hybridized carbons (Fsp3) is 0.176. The van der Waals surface area contributed by atoms with Gasteiger partial charge in [0.15, 0.2) is 0 Å². The highest BCUT2D eigenvalue weighted by Crippen LogP contribution is 2.16. The first-order chi connectivity index (χ1) is 11.9. The maximum atomic E-state index is 12.2. The molecular formula is C17H14ClF2NO4. The maximum absolute atomic E-state index is 12.2. The number of amides is 1. The van der Waals surface area contributed by atoms with Crippen molar-refractivity contribution in [1.29, 1.82) is 0 Å². The molecule has 5 nitrogen and oxygen atoms in total. The number of esters is 1. The molecule has 132 valence electrons. The van der Waals surface area contributed by atoms with Gasteiger partial charge in [-0.05, 0) is 35.9 Å². The van der Waals surface area contributed by atoms with Gasteiger partial charge in [0.05, 0.1) is 0 Å². The van der Waals surface area contributed by atoms with Crippen LogP contribution in [0.25, 0.3) is 0 Å². The van der Waals surface area contributed by atoms with E-state index in [1.807, 2.05) is 0 Å². The second kappa shape index (κ2) is 8.98. The zero-order valence-electron chi connectivity index (χ0n) is 12.9. The molecule has 0 heterocycles. The Morgan fingerprint density at radius 3 is 2.60 bits per heavy atom. The predicted octanol–water partition coefficient (Wildman–Crippen LogP) is 3.41. The van der Waals surface area contributed by atoms with Gasteiger partial charge in [-0.15, -0.1) is 0 Å². The standard InChI is InChI=1S/C17H14ClF2NO4/c18-13-5-1-3-11(7-13)10-24-15(22)9-21-16(23)12-4-2-6-14(8-12)25-17(19)20/h1-8,17H,9-10H2,(H,21,23). The van der Waals surface area contributed by atoms with Crippen LogP contribution in [0, 0.1) is 0 Å². The third-order valence-corrected chi connectivity index (χ3v) is 3.24. The van der Waals surface area contributed by atoms with Gasteiger partial charge >= 0.3 is 12.6 Å². The number of hydrogen-bond donors (Lipinski definition) is 1. The summed E-state index contributed by atoms with van der Waals surface area (Å²) >= 11 is 5.82. The van der Waals surface area contributed by atoms with Crippen molar-refractivity contribution in [3.63, 3.8) is 0 Å². The molecule has 0 fully saturated rings. The molecule has 1 N–H and O–H groups in total. The Hall–Kier alpha value is -2.67. The third-order valence-electron chi connectivity index (χ3n) is 3.00. The minimum Gasteiger partial charge on any atom is -0.460 e. The van der Waals surface area contributed by atoms with Gasteiger partial charge in [0.1, 0.15) is 18.9 Å². The lowest BCUT2D eigenvalue weighted by molar-refractivity contribution is -0.143. The molecule has 0 aliphatic rings. The maximum Gasteiger partial charge on any atom is 0.387 e. The van der Waals surface area contributed by atoms with Crippen molar-refractivity contribution >= 4 is 23.5 Å². The van der Waals surface area contributed by atoms with Crippen molar-refractivity contribution in [3.8, 4) is 5.75 Å². The Kier molecular flexibility index (Phi) is 6.71. The highest BCUT2D eigenvalue weighted by Gasteiger charge is 2.11. The van der Waals surface area contributed by atoms with Gasteiger partial charge in [0, 0.05) is 10.6 Å². The first-order valence-corrected chi connectivity index (χ1v) is 7.55. The lowest BCUT2D eigenvalue weighted by Gasteiger charge is -2.08. The summed E-state index contributed by atoms with van der Waals surface area (Å²) in [6.07, 6.45) is 0. The fourth-order valence-corrected chi connectivity index (χ4v) is 2.12. The molecule has 2 aromatic carbocycles. The number of hydrogen-bond acceptors (Lipinski definition) is 4. The van der Waals surface area contributed by atoms with E-state index >= 15 is 0 Å². The minimum absolute atomic E-state index is 0.0208. The number of benzene rings is 2. The highest BCUT2D eigenvalue weighted by molar-refractivity contribution is 6.30. The van der Waals surface area contributed by atoms with E-state index < -0.39 is 18.5 Å². The number of ether oxygens (including phenoxy) is 2. The molecule has 2 rings (SSSR count). The normalized spacial score (nSPS) is 10.4. The van der Waals surface area contributed by atoms with Gasteiger partial charge in [-0.25, -0.2) is 0 Å². The summed E-state index contributed by atoms with van der Waals surface area (Å²) in [7, 11) is 0. The average molecular weight is 370 g/mol. The monoisotopic (exact) mass is 369 g/mol. The van der Waals surface area contributed by atoms with Crippen LogP contribution < -0.4 is 10.1 Å². The smallest absolute Gasteiger partial charge is 0.387 e. The predicted molar refractivity (Wildman–Crippen MR) is 86.7 cm³/mol. The lowest BCUT2D eigenvalue weighted by atomic mass is 10.2. The second-order valence-electron chi connectivity index (χ2n) is 4.88. The molecule has 0 saturated carbocycles. The summed E-state index contributed by atoms with van der Waals surface area (Å²) in [5.74, 6) is -1.40. The third kappa shape index (κ3) is 6.39. The van der Waals surface area contributed by atoms with E-state index in [1.165, 1.54) is 18.2 Å². The molecule has 0 spiro atoms. The van der Waals surface area contributed by atoms with Crippen LogP contribution in [0.2, 0.25) is 5.02 Å².